The van der Waals surface area contributed by atoms with E-state index in [4.69, 9.17) is 16.7 Å². The quantitative estimate of drug-likeness (QED) is 0.757. The number of halogens is 2. The number of benzene rings is 1. The molecular weight excluding hydrogens is 179 g/mol. The number of aliphatic hydroxyl groups excluding tert-OH is 1. The fraction of sp³-hybridized carbons (Fsp3) is 0.333. The molecule has 1 aromatic carbocycles. The summed E-state index contributed by atoms with van der Waals surface area (Å²) in [5.41, 5.74) is 1.17. The van der Waals surface area contributed by atoms with E-state index in [1.54, 1.807) is 12.1 Å². The van der Waals surface area contributed by atoms with Crippen LogP contribution in [-0.4, -0.2) is 5.11 Å². The van der Waals surface area contributed by atoms with E-state index < -0.39 is 6.17 Å². The molecule has 3 heteroatoms. The van der Waals surface area contributed by atoms with Gasteiger partial charge < -0.3 is 5.11 Å². The van der Waals surface area contributed by atoms with Gasteiger partial charge in [0.05, 0.1) is 6.61 Å². The third-order valence-corrected chi connectivity index (χ3v) is 2.06. The van der Waals surface area contributed by atoms with Crippen molar-refractivity contribution in [3.63, 3.8) is 0 Å². The van der Waals surface area contributed by atoms with E-state index in [1.165, 1.54) is 13.0 Å². The predicted octanol–water partition coefficient (Wildman–Crippen LogP) is 2.86. The van der Waals surface area contributed by atoms with Crippen LogP contribution in [0.4, 0.5) is 4.39 Å². The van der Waals surface area contributed by atoms with Crippen molar-refractivity contribution in [1.29, 1.82) is 0 Å². The lowest BCUT2D eigenvalue weighted by molar-refractivity contribution is 0.281. The standard InChI is InChI=1S/C9H10ClFO/c1-6(11)7-2-3-8(5-12)9(10)4-7/h2-4,6,12H,5H2,1H3. The average molecular weight is 189 g/mol. The van der Waals surface area contributed by atoms with Crippen molar-refractivity contribution >= 4 is 11.6 Å². The Balaban J connectivity index is 3.02. The third kappa shape index (κ3) is 1.96. The monoisotopic (exact) mass is 188 g/mol. The van der Waals surface area contributed by atoms with Gasteiger partial charge in [0.2, 0.25) is 0 Å². The second-order valence-corrected chi connectivity index (χ2v) is 3.03. The lowest BCUT2D eigenvalue weighted by Crippen LogP contribution is -1.89. The van der Waals surface area contributed by atoms with Crippen LogP contribution in [0.15, 0.2) is 18.2 Å². The molecule has 0 aromatic heterocycles. The topological polar surface area (TPSA) is 20.2 Å². The van der Waals surface area contributed by atoms with Gasteiger partial charge in [0.25, 0.3) is 0 Å². The molecule has 0 spiro atoms. The third-order valence-electron chi connectivity index (χ3n) is 1.71. The summed E-state index contributed by atoms with van der Waals surface area (Å²) in [4.78, 5) is 0. The van der Waals surface area contributed by atoms with E-state index in [0.717, 1.165) is 0 Å². The maximum Gasteiger partial charge on any atom is 0.122 e. The maximum absolute atomic E-state index is 12.7. The second-order valence-electron chi connectivity index (χ2n) is 2.62. The first-order chi connectivity index (χ1) is 5.65. The van der Waals surface area contributed by atoms with Crippen LogP contribution in [0, 0.1) is 0 Å². The van der Waals surface area contributed by atoms with E-state index in [2.05, 4.69) is 0 Å². The Morgan fingerprint density at radius 1 is 1.58 bits per heavy atom. The number of hydrogen-bond donors (Lipinski definition) is 1. The summed E-state index contributed by atoms with van der Waals surface area (Å²) in [7, 11) is 0. The highest BCUT2D eigenvalue weighted by Gasteiger charge is 2.05. The van der Waals surface area contributed by atoms with Gasteiger partial charge in [0, 0.05) is 5.02 Å². The Labute approximate surface area is 75.8 Å². The minimum Gasteiger partial charge on any atom is -0.392 e. The largest absolute Gasteiger partial charge is 0.392 e. The summed E-state index contributed by atoms with van der Waals surface area (Å²) < 4.78 is 12.7. The van der Waals surface area contributed by atoms with E-state index in [0.29, 0.717) is 16.1 Å². The molecule has 0 saturated carbocycles. The summed E-state index contributed by atoms with van der Waals surface area (Å²) >= 11 is 5.75. The van der Waals surface area contributed by atoms with Gasteiger partial charge in [-0.25, -0.2) is 4.39 Å². The smallest absolute Gasteiger partial charge is 0.122 e. The highest BCUT2D eigenvalue weighted by atomic mass is 35.5. The maximum atomic E-state index is 12.7. The summed E-state index contributed by atoms with van der Waals surface area (Å²) in [6.45, 7) is 1.34. The van der Waals surface area contributed by atoms with Crippen LogP contribution in [0.1, 0.15) is 24.2 Å². The number of hydrogen-bond acceptors (Lipinski definition) is 1. The molecule has 0 aliphatic heterocycles. The molecule has 0 amide bonds. The normalized spacial score (nSPS) is 13.0. The Bertz CT molecular complexity index is 273. The van der Waals surface area contributed by atoms with Crippen molar-refractivity contribution in [2.45, 2.75) is 19.7 Å². The van der Waals surface area contributed by atoms with Crippen molar-refractivity contribution in [2.24, 2.45) is 0 Å². The molecule has 66 valence electrons. The first-order valence-corrected chi connectivity index (χ1v) is 4.06. The first kappa shape index (κ1) is 9.49. The zero-order chi connectivity index (χ0) is 9.14. The van der Waals surface area contributed by atoms with Crippen LogP contribution in [0.5, 0.6) is 0 Å². The Morgan fingerprint density at radius 2 is 2.25 bits per heavy atom. The van der Waals surface area contributed by atoms with Crippen molar-refractivity contribution in [1.82, 2.24) is 0 Å². The fourth-order valence-corrected chi connectivity index (χ4v) is 1.19. The van der Waals surface area contributed by atoms with Gasteiger partial charge in [-0.2, -0.15) is 0 Å². The predicted molar refractivity (Wildman–Crippen MR) is 46.9 cm³/mol. The van der Waals surface area contributed by atoms with E-state index in [1.807, 2.05) is 0 Å². The van der Waals surface area contributed by atoms with Crippen LogP contribution in [0.25, 0.3) is 0 Å². The molecule has 0 bridgehead atoms. The molecule has 0 radical (unpaired) electrons. The van der Waals surface area contributed by atoms with E-state index in [-0.39, 0.29) is 6.61 Å². The van der Waals surface area contributed by atoms with Crippen LogP contribution >= 0.6 is 11.6 Å². The summed E-state index contributed by atoms with van der Waals surface area (Å²) in [5.74, 6) is 0. The molecule has 1 unspecified atom stereocenters. The van der Waals surface area contributed by atoms with Crippen molar-refractivity contribution in [3.8, 4) is 0 Å². The highest BCUT2D eigenvalue weighted by Crippen LogP contribution is 2.23. The molecule has 0 aliphatic carbocycles. The number of rotatable bonds is 2. The molecule has 1 atom stereocenters. The fourth-order valence-electron chi connectivity index (χ4n) is 0.939. The highest BCUT2D eigenvalue weighted by molar-refractivity contribution is 6.31. The molecule has 1 aromatic rings. The SMILES string of the molecule is CC(F)c1ccc(CO)c(Cl)c1. The summed E-state index contributed by atoms with van der Waals surface area (Å²) in [5, 5.41) is 9.19. The van der Waals surface area contributed by atoms with Gasteiger partial charge in [-0.15, -0.1) is 0 Å². The second kappa shape index (κ2) is 3.87. The molecule has 0 fully saturated rings. The average Bonchev–Trinajstić information content (AvgIpc) is 2.04. The van der Waals surface area contributed by atoms with Crippen molar-refractivity contribution < 1.29 is 9.50 Å². The van der Waals surface area contributed by atoms with Gasteiger partial charge in [0.1, 0.15) is 6.17 Å². The van der Waals surface area contributed by atoms with Gasteiger partial charge in [-0.1, -0.05) is 23.7 Å². The molecule has 1 rings (SSSR count). The van der Waals surface area contributed by atoms with Crippen LogP contribution in [0.3, 0.4) is 0 Å². The zero-order valence-electron chi connectivity index (χ0n) is 6.72. The van der Waals surface area contributed by atoms with Crippen LogP contribution < -0.4 is 0 Å². The minimum atomic E-state index is -1.02. The number of alkyl halides is 1. The van der Waals surface area contributed by atoms with Gasteiger partial charge >= 0.3 is 0 Å². The van der Waals surface area contributed by atoms with Crippen LogP contribution in [0.2, 0.25) is 5.02 Å². The van der Waals surface area contributed by atoms with E-state index >= 15 is 0 Å². The summed E-state index contributed by atoms with van der Waals surface area (Å²) in [6, 6.07) is 4.80. The number of aliphatic hydroxyl groups is 1. The zero-order valence-corrected chi connectivity index (χ0v) is 7.48. The lowest BCUT2D eigenvalue weighted by atomic mass is 10.1. The Hall–Kier alpha value is -0.600. The van der Waals surface area contributed by atoms with Crippen LogP contribution in [-0.2, 0) is 6.61 Å². The molecular formula is C9H10ClFO. The van der Waals surface area contributed by atoms with Gasteiger partial charge in [0.15, 0.2) is 0 Å². The molecule has 0 saturated heterocycles. The van der Waals surface area contributed by atoms with Crippen molar-refractivity contribution in [3.05, 3.63) is 34.3 Å². The Kier molecular flexibility index (Phi) is 3.06. The molecule has 1 N–H and O–H groups in total. The van der Waals surface area contributed by atoms with E-state index in [9.17, 15) is 4.39 Å². The summed E-state index contributed by atoms with van der Waals surface area (Å²) in [6.07, 6.45) is -1.02. The lowest BCUT2D eigenvalue weighted by Gasteiger charge is -2.05. The molecule has 1 nitrogen and oxygen atoms in total. The van der Waals surface area contributed by atoms with Gasteiger partial charge in [-0.3, -0.25) is 0 Å². The molecule has 0 aliphatic rings. The Morgan fingerprint density at radius 3 is 2.67 bits per heavy atom. The molecule has 12 heavy (non-hydrogen) atoms. The van der Waals surface area contributed by atoms with Gasteiger partial charge in [-0.05, 0) is 24.1 Å². The van der Waals surface area contributed by atoms with Crippen molar-refractivity contribution in [2.75, 3.05) is 0 Å². The minimum absolute atomic E-state index is 0.111. The molecule has 0 heterocycles. The first-order valence-electron chi connectivity index (χ1n) is 3.68.